The van der Waals surface area contributed by atoms with E-state index in [1.807, 2.05) is 6.92 Å². The molecule has 3 heteroatoms. The van der Waals surface area contributed by atoms with Gasteiger partial charge in [-0.05, 0) is 49.8 Å². The largest absolute Gasteiger partial charge is 0.252 e. The molecular formula is C15H15ClFN. The summed E-state index contributed by atoms with van der Waals surface area (Å²) in [4.78, 5) is 4.67. The molecule has 2 aromatic rings. The van der Waals surface area contributed by atoms with Crippen LogP contribution in [0.5, 0.6) is 0 Å². The highest BCUT2D eigenvalue weighted by molar-refractivity contribution is 6.36. The topological polar surface area (TPSA) is 12.9 Å². The Labute approximate surface area is 111 Å². The Kier molecular flexibility index (Phi) is 2.98. The molecule has 0 fully saturated rings. The van der Waals surface area contributed by atoms with Crippen LogP contribution in [0.2, 0.25) is 5.02 Å². The van der Waals surface area contributed by atoms with Crippen LogP contribution in [0.3, 0.4) is 0 Å². The number of aryl methyl sites for hydroxylation is 2. The third kappa shape index (κ3) is 1.79. The number of hydrogen-bond acceptors (Lipinski definition) is 1. The van der Waals surface area contributed by atoms with E-state index in [0.717, 1.165) is 48.0 Å². The lowest BCUT2D eigenvalue weighted by Gasteiger charge is -2.12. The van der Waals surface area contributed by atoms with Gasteiger partial charge in [0.1, 0.15) is 5.82 Å². The van der Waals surface area contributed by atoms with Gasteiger partial charge in [0, 0.05) is 5.69 Å². The van der Waals surface area contributed by atoms with Crippen molar-refractivity contribution in [2.45, 2.75) is 39.0 Å². The number of halogens is 2. The molecular weight excluding hydrogens is 249 g/mol. The van der Waals surface area contributed by atoms with E-state index in [1.165, 1.54) is 12.5 Å². The third-order valence-electron chi connectivity index (χ3n) is 3.75. The smallest absolute Gasteiger partial charge is 0.134 e. The van der Waals surface area contributed by atoms with Gasteiger partial charge in [0.25, 0.3) is 0 Å². The van der Waals surface area contributed by atoms with Gasteiger partial charge in [-0.3, -0.25) is 4.98 Å². The van der Waals surface area contributed by atoms with Gasteiger partial charge in [0.05, 0.1) is 15.9 Å². The first kappa shape index (κ1) is 11.9. The minimum Gasteiger partial charge on any atom is -0.252 e. The summed E-state index contributed by atoms with van der Waals surface area (Å²) in [6.07, 6.45) is 5.35. The molecule has 0 atom stereocenters. The van der Waals surface area contributed by atoms with Crippen LogP contribution in [-0.4, -0.2) is 4.98 Å². The summed E-state index contributed by atoms with van der Waals surface area (Å²) < 4.78 is 14.0. The van der Waals surface area contributed by atoms with Gasteiger partial charge in [0.2, 0.25) is 0 Å². The Hall–Kier alpha value is -1.15. The van der Waals surface area contributed by atoms with Gasteiger partial charge in [0.15, 0.2) is 0 Å². The standard InChI is InChI=1S/C15H15ClFN/c1-9-7-8-11(17)13-14(16)10-5-3-2-4-6-12(10)18-15(9)13/h7-8H,2-6H2,1H3. The van der Waals surface area contributed by atoms with Gasteiger partial charge in [-0.25, -0.2) is 4.39 Å². The Morgan fingerprint density at radius 2 is 1.94 bits per heavy atom. The van der Waals surface area contributed by atoms with Gasteiger partial charge in [-0.15, -0.1) is 0 Å². The Morgan fingerprint density at radius 3 is 2.78 bits per heavy atom. The molecule has 0 unspecified atom stereocenters. The highest BCUT2D eigenvalue weighted by Gasteiger charge is 2.18. The quantitative estimate of drug-likeness (QED) is 0.633. The zero-order valence-corrected chi connectivity index (χ0v) is 11.1. The molecule has 0 saturated carbocycles. The zero-order valence-electron chi connectivity index (χ0n) is 10.4. The van der Waals surface area contributed by atoms with Crippen molar-refractivity contribution in [3.05, 3.63) is 39.8 Å². The Morgan fingerprint density at radius 1 is 1.17 bits per heavy atom. The molecule has 1 aliphatic rings. The molecule has 0 radical (unpaired) electrons. The predicted molar refractivity (Wildman–Crippen MR) is 72.7 cm³/mol. The highest BCUT2D eigenvalue weighted by Crippen LogP contribution is 2.34. The van der Waals surface area contributed by atoms with E-state index in [4.69, 9.17) is 11.6 Å². The van der Waals surface area contributed by atoms with Crippen LogP contribution in [0, 0.1) is 12.7 Å². The summed E-state index contributed by atoms with van der Waals surface area (Å²) in [5, 5.41) is 1.08. The van der Waals surface area contributed by atoms with E-state index < -0.39 is 0 Å². The highest BCUT2D eigenvalue weighted by atomic mass is 35.5. The van der Waals surface area contributed by atoms with Crippen LogP contribution >= 0.6 is 11.6 Å². The summed E-state index contributed by atoms with van der Waals surface area (Å²) in [5.74, 6) is -0.264. The summed E-state index contributed by atoms with van der Waals surface area (Å²) in [7, 11) is 0. The third-order valence-corrected chi connectivity index (χ3v) is 4.17. The van der Waals surface area contributed by atoms with Crippen LogP contribution < -0.4 is 0 Å². The van der Waals surface area contributed by atoms with Crippen molar-refractivity contribution in [3.8, 4) is 0 Å². The maximum absolute atomic E-state index is 14.0. The van der Waals surface area contributed by atoms with Crippen LogP contribution in [-0.2, 0) is 12.8 Å². The number of nitrogens with zero attached hydrogens (tertiary/aromatic N) is 1. The predicted octanol–water partition coefficient (Wildman–Crippen LogP) is 4.60. The van der Waals surface area contributed by atoms with Gasteiger partial charge in [-0.1, -0.05) is 24.1 Å². The zero-order chi connectivity index (χ0) is 12.7. The summed E-state index contributed by atoms with van der Waals surface area (Å²) in [6.45, 7) is 1.95. The van der Waals surface area contributed by atoms with E-state index >= 15 is 0 Å². The molecule has 1 aliphatic carbocycles. The van der Waals surface area contributed by atoms with Crippen molar-refractivity contribution in [1.29, 1.82) is 0 Å². The average molecular weight is 264 g/mol. The molecule has 1 aromatic carbocycles. The summed E-state index contributed by atoms with van der Waals surface area (Å²) >= 11 is 6.43. The second-order valence-corrected chi connectivity index (χ2v) is 5.38. The van der Waals surface area contributed by atoms with E-state index in [2.05, 4.69) is 4.98 Å². The van der Waals surface area contributed by atoms with Gasteiger partial charge in [-0.2, -0.15) is 0 Å². The summed E-state index contributed by atoms with van der Waals surface area (Å²) in [5.41, 5.74) is 3.84. The minimum absolute atomic E-state index is 0.264. The molecule has 0 amide bonds. The Bertz CT molecular complexity index is 622. The maximum atomic E-state index is 14.0. The lowest BCUT2D eigenvalue weighted by molar-refractivity contribution is 0.639. The molecule has 0 saturated heterocycles. The van der Waals surface area contributed by atoms with Crippen molar-refractivity contribution < 1.29 is 4.39 Å². The van der Waals surface area contributed by atoms with Crippen molar-refractivity contribution in [1.82, 2.24) is 4.98 Å². The average Bonchev–Trinajstić information content (AvgIpc) is 2.59. The number of benzene rings is 1. The molecule has 1 heterocycles. The van der Waals surface area contributed by atoms with Crippen LogP contribution in [0.1, 0.15) is 36.1 Å². The first-order valence-corrected chi connectivity index (χ1v) is 6.82. The van der Waals surface area contributed by atoms with E-state index in [-0.39, 0.29) is 5.82 Å². The SMILES string of the molecule is Cc1ccc(F)c2c(Cl)c3c(nc12)CCCCC3. The fraction of sp³-hybridized carbons (Fsp3) is 0.400. The number of aromatic nitrogens is 1. The Balaban J connectivity index is 2.38. The lowest BCUT2D eigenvalue weighted by Crippen LogP contribution is -2.00. The molecule has 3 rings (SSSR count). The number of pyridine rings is 1. The second kappa shape index (κ2) is 4.51. The first-order chi connectivity index (χ1) is 8.68. The van der Waals surface area contributed by atoms with E-state index in [0.29, 0.717) is 10.4 Å². The fourth-order valence-corrected chi connectivity index (χ4v) is 3.12. The molecule has 0 N–H and O–H groups in total. The van der Waals surface area contributed by atoms with Crippen LogP contribution in [0.25, 0.3) is 10.9 Å². The molecule has 1 nitrogen and oxygen atoms in total. The van der Waals surface area contributed by atoms with Gasteiger partial charge >= 0.3 is 0 Å². The van der Waals surface area contributed by atoms with Crippen molar-refractivity contribution >= 4 is 22.5 Å². The van der Waals surface area contributed by atoms with E-state index in [9.17, 15) is 4.39 Å². The molecule has 1 aromatic heterocycles. The monoisotopic (exact) mass is 263 g/mol. The number of rotatable bonds is 0. The maximum Gasteiger partial charge on any atom is 0.134 e. The molecule has 0 bridgehead atoms. The first-order valence-electron chi connectivity index (χ1n) is 6.44. The van der Waals surface area contributed by atoms with Crippen molar-refractivity contribution in [2.75, 3.05) is 0 Å². The van der Waals surface area contributed by atoms with Crippen LogP contribution in [0.15, 0.2) is 12.1 Å². The van der Waals surface area contributed by atoms with E-state index in [1.54, 1.807) is 6.07 Å². The minimum atomic E-state index is -0.264. The number of hydrogen-bond donors (Lipinski definition) is 0. The van der Waals surface area contributed by atoms with Gasteiger partial charge < -0.3 is 0 Å². The van der Waals surface area contributed by atoms with Crippen LogP contribution in [0.4, 0.5) is 4.39 Å². The molecule has 0 spiro atoms. The second-order valence-electron chi connectivity index (χ2n) is 5.00. The normalized spacial score (nSPS) is 15.5. The molecule has 18 heavy (non-hydrogen) atoms. The number of fused-ring (bicyclic) bond motifs is 2. The lowest BCUT2D eigenvalue weighted by atomic mass is 10.0. The molecule has 0 aliphatic heterocycles. The van der Waals surface area contributed by atoms with Crippen molar-refractivity contribution in [3.63, 3.8) is 0 Å². The molecule has 94 valence electrons. The van der Waals surface area contributed by atoms with Crippen molar-refractivity contribution in [2.24, 2.45) is 0 Å². The fourth-order valence-electron chi connectivity index (χ4n) is 2.74. The summed E-state index contributed by atoms with van der Waals surface area (Å²) in [6, 6.07) is 3.25.